The van der Waals surface area contributed by atoms with Crippen molar-refractivity contribution in [1.29, 1.82) is 0 Å². The quantitative estimate of drug-likeness (QED) is 0.220. The molecular formula is C26H24N4O4S. The molecule has 2 aliphatic rings. The number of aromatic nitrogens is 2. The van der Waals surface area contributed by atoms with E-state index < -0.39 is 10.8 Å². The lowest BCUT2D eigenvalue weighted by atomic mass is 9.69. The fourth-order valence-electron chi connectivity index (χ4n) is 4.84. The van der Waals surface area contributed by atoms with Gasteiger partial charge in [0.25, 0.3) is 11.2 Å². The summed E-state index contributed by atoms with van der Waals surface area (Å²) in [6.07, 6.45) is 0.949. The molecular weight excluding hydrogens is 464 g/mol. The van der Waals surface area contributed by atoms with Crippen molar-refractivity contribution in [3.8, 4) is 0 Å². The van der Waals surface area contributed by atoms with Gasteiger partial charge in [0.15, 0.2) is 10.9 Å². The number of thioether (sulfide) groups is 1. The van der Waals surface area contributed by atoms with E-state index in [4.69, 9.17) is 4.98 Å². The van der Waals surface area contributed by atoms with Gasteiger partial charge >= 0.3 is 0 Å². The van der Waals surface area contributed by atoms with E-state index in [1.807, 2.05) is 44.2 Å². The monoisotopic (exact) mass is 488 g/mol. The Morgan fingerprint density at radius 1 is 1.11 bits per heavy atom. The molecule has 0 saturated carbocycles. The summed E-state index contributed by atoms with van der Waals surface area (Å²) in [5.74, 6) is 0.239. The molecule has 0 fully saturated rings. The number of nitro benzene ring substituents is 1. The van der Waals surface area contributed by atoms with Crippen LogP contribution in [0.3, 0.4) is 0 Å². The van der Waals surface area contributed by atoms with Crippen molar-refractivity contribution in [2.75, 3.05) is 5.32 Å². The Morgan fingerprint density at radius 2 is 1.89 bits per heavy atom. The number of carbonyl (C=O) groups excluding carboxylic acids is 1. The normalized spacial score (nSPS) is 18.5. The average molecular weight is 489 g/mol. The van der Waals surface area contributed by atoms with E-state index in [0.717, 1.165) is 11.3 Å². The lowest BCUT2D eigenvalue weighted by Crippen LogP contribution is -2.37. The van der Waals surface area contributed by atoms with Crippen LogP contribution in [0.25, 0.3) is 0 Å². The van der Waals surface area contributed by atoms with Crippen LogP contribution in [0.1, 0.15) is 49.3 Å². The Labute approximate surface area is 206 Å². The number of rotatable bonds is 5. The van der Waals surface area contributed by atoms with Gasteiger partial charge in [-0.2, -0.15) is 0 Å². The molecule has 0 radical (unpaired) electrons. The van der Waals surface area contributed by atoms with Crippen LogP contribution in [0.5, 0.6) is 0 Å². The highest BCUT2D eigenvalue weighted by Gasteiger charge is 2.42. The highest BCUT2D eigenvalue weighted by atomic mass is 32.2. The fraction of sp³-hybridized carbons (Fsp3) is 0.269. The predicted octanol–water partition coefficient (Wildman–Crippen LogP) is 5.17. The number of nitro groups is 1. The summed E-state index contributed by atoms with van der Waals surface area (Å²) < 4.78 is 0. The Hall–Kier alpha value is -3.72. The largest absolute Gasteiger partial charge is 0.343 e. The van der Waals surface area contributed by atoms with Crippen molar-refractivity contribution < 1.29 is 9.72 Å². The second-order valence-corrected chi connectivity index (χ2v) is 10.6. The van der Waals surface area contributed by atoms with Crippen LogP contribution in [0.2, 0.25) is 0 Å². The van der Waals surface area contributed by atoms with Gasteiger partial charge in [0.2, 0.25) is 0 Å². The van der Waals surface area contributed by atoms with Crippen LogP contribution < -0.4 is 10.9 Å². The summed E-state index contributed by atoms with van der Waals surface area (Å²) in [5, 5.41) is 15.2. The zero-order chi connectivity index (χ0) is 24.7. The minimum atomic E-state index is -0.728. The zero-order valence-electron chi connectivity index (χ0n) is 19.3. The molecule has 178 valence electrons. The number of hydrogen-bond acceptors (Lipinski definition) is 7. The smallest absolute Gasteiger partial charge is 0.269 e. The van der Waals surface area contributed by atoms with E-state index >= 15 is 0 Å². The first-order valence-corrected chi connectivity index (χ1v) is 12.3. The van der Waals surface area contributed by atoms with Gasteiger partial charge in [-0.25, -0.2) is 4.98 Å². The number of anilines is 1. The Balaban J connectivity index is 1.62. The van der Waals surface area contributed by atoms with Crippen LogP contribution in [-0.4, -0.2) is 20.7 Å². The number of carbonyl (C=O) groups is 1. The maximum Gasteiger partial charge on any atom is 0.269 e. The molecule has 1 aliphatic carbocycles. The molecule has 2 aromatic carbocycles. The number of ketones is 1. The summed E-state index contributed by atoms with van der Waals surface area (Å²) in [7, 11) is 0. The number of fused-ring (bicyclic) bond motifs is 1. The van der Waals surface area contributed by atoms with Crippen molar-refractivity contribution in [3.05, 3.63) is 103 Å². The number of Topliss-reactive ketones (excluding diaryl/α,β-unsaturated/α-hetero) is 1. The molecule has 3 aromatic rings. The number of aromatic amines is 1. The van der Waals surface area contributed by atoms with Gasteiger partial charge in [-0.1, -0.05) is 68.1 Å². The Bertz CT molecular complexity index is 1430. The van der Waals surface area contributed by atoms with E-state index in [9.17, 15) is 19.7 Å². The molecule has 0 amide bonds. The number of hydrogen-bond donors (Lipinski definition) is 2. The molecule has 1 aliphatic heterocycles. The second-order valence-electron chi connectivity index (χ2n) is 9.65. The number of benzene rings is 2. The van der Waals surface area contributed by atoms with Gasteiger partial charge in [0.1, 0.15) is 5.82 Å². The third kappa shape index (κ3) is 4.51. The van der Waals surface area contributed by atoms with E-state index in [-0.39, 0.29) is 22.4 Å². The molecule has 1 aromatic heterocycles. The Morgan fingerprint density at radius 3 is 2.63 bits per heavy atom. The molecule has 2 N–H and O–H groups in total. The molecule has 35 heavy (non-hydrogen) atoms. The van der Waals surface area contributed by atoms with Gasteiger partial charge in [-0.15, -0.1) is 0 Å². The molecule has 0 saturated heterocycles. The average Bonchev–Trinajstić information content (AvgIpc) is 2.81. The molecule has 0 spiro atoms. The van der Waals surface area contributed by atoms with Gasteiger partial charge < -0.3 is 10.3 Å². The highest BCUT2D eigenvalue weighted by Crippen LogP contribution is 2.48. The van der Waals surface area contributed by atoms with E-state index in [1.165, 1.54) is 23.9 Å². The zero-order valence-corrected chi connectivity index (χ0v) is 20.1. The SMILES string of the molecule is CC1(C)CC(=O)C2=C(C1)Nc1nc(SCc3ccccc3)[nH]c(=O)c1C2c1cccc([N+](=O)[O-])c1. The first-order chi connectivity index (χ1) is 16.7. The van der Waals surface area contributed by atoms with Crippen molar-refractivity contribution >= 4 is 29.1 Å². The number of non-ortho nitro benzene ring substituents is 1. The van der Waals surface area contributed by atoms with Crippen molar-refractivity contribution in [3.63, 3.8) is 0 Å². The molecule has 1 unspecified atom stereocenters. The van der Waals surface area contributed by atoms with Crippen LogP contribution >= 0.6 is 11.8 Å². The molecule has 0 bridgehead atoms. The first kappa shape index (κ1) is 23.0. The third-order valence-corrected chi connectivity index (χ3v) is 7.28. The maximum atomic E-state index is 13.4. The molecule has 2 heterocycles. The van der Waals surface area contributed by atoms with E-state index in [1.54, 1.807) is 12.1 Å². The molecule has 5 rings (SSSR count). The minimum absolute atomic E-state index is 0.0622. The lowest BCUT2D eigenvalue weighted by molar-refractivity contribution is -0.384. The van der Waals surface area contributed by atoms with Crippen LogP contribution in [0.15, 0.2) is 75.8 Å². The van der Waals surface area contributed by atoms with E-state index in [2.05, 4.69) is 10.3 Å². The standard InChI is InChI=1S/C26H24N4O4S/c1-26(2)12-18-21(19(31)13-26)20(16-9-6-10-17(11-16)30(33)34)22-23(27-18)28-25(29-24(22)32)35-14-15-7-4-3-5-8-15/h3-11,20H,12-14H2,1-2H3,(H2,27,28,29,32). The number of nitrogens with one attached hydrogen (secondary N) is 2. The highest BCUT2D eigenvalue weighted by molar-refractivity contribution is 7.98. The summed E-state index contributed by atoms with van der Waals surface area (Å²) in [5.41, 5.74) is 2.46. The molecule has 1 atom stereocenters. The second kappa shape index (κ2) is 8.81. The predicted molar refractivity (Wildman–Crippen MR) is 134 cm³/mol. The van der Waals surface area contributed by atoms with Crippen LogP contribution in [-0.2, 0) is 10.5 Å². The summed E-state index contributed by atoms with van der Waals surface area (Å²) in [6, 6.07) is 16.0. The van der Waals surface area contributed by atoms with Crippen molar-refractivity contribution in [1.82, 2.24) is 9.97 Å². The van der Waals surface area contributed by atoms with Gasteiger partial charge in [-0.3, -0.25) is 19.7 Å². The van der Waals surface area contributed by atoms with Gasteiger partial charge in [-0.05, 0) is 23.0 Å². The number of allylic oxidation sites excluding steroid dienone is 2. The van der Waals surface area contributed by atoms with Crippen molar-refractivity contribution in [2.45, 2.75) is 43.5 Å². The summed E-state index contributed by atoms with van der Waals surface area (Å²) in [6.45, 7) is 4.06. The first-order valence-electron chi connectivity index (χ1n) is 11.3. The molecule has 9 heteroatoms. The van der Waals surface area contributed by atoms with Crippen LogP contribution in [0.4, 0.5) is 11.5 Å². The fourth-order valence-corrected chi connectivity index (χ4v) is 5.66. The molecule has 8 nitrogen and oxygen atoms in total. The van der Waals surface area contributed by atoms with Gasteiger partial charge in [0.05, 0.1) is 10.5 Å². The van der Waals surface area contributed by atoms with Crippen molar-refractivity contribution in [2.24, 2.45) is 5.41 Å². The third-order valence-electron chi connectivity index (χ3n) is 6.33. The maximum absolute atomic E-state index is 13.4. The lowest BCUT2D eigenvalue weighted by Gasteiger charge is -2.38. The summed E-state index contributed by atoms with van der Waals surface area (Å²) in [4.78, 5) is 45.2. The Kier molecular flexibility index (Phi) is 5.80. The van der Waals surface area contributed by atoms with E-state index in [0.29, 0.717) is 46.3 Å². The van der Waals surface area contributed by atoms with Crippen LogP contribution in [0, 0.1) is 15.5 Å². The minimum Gasteiger partial charge on any atom is -0.343 e. The number of nitrogens with zero attached hydrogens (tertiary/aromatic N) is 2. The number of H-pyrrole nitrogens is 1. The summed E-state index contributed by atoms with van der Waals surface area (Å²) >= 11 is 1.41. The topological polar surface area (TPSA) is 118 Å². The van der Waals surface area contributed by atoms with Gasteiger partial charge in [0, 0.05) is 41.5 Å².